The molecule has 0 radical (unpaired) electrons. The van der Waals surface area contributed by atoms with Crippen molar-refractivity contribution in [3.8, 4) is 0 Å². The fraction of sp³-hybridized carbons (Fsp3) is 0.182. The molecule has 0 saturated carbocycles. The Labute approximate surface area is 84.6 Å². The lowest BCUT2D eigenvalue weighted by molar-refractivity contribution is 0.580. The molecule has 0 saturated heterocycles. The lowest BCUT2D eigenvalue weighted by atomic mass is 10.3. The molecule has 3 heteroatoms. The van der Waals surface area contributed by atoms with Crippen LogP contribution in [0.4, 0.5) is 0 Å². The van der Waals surface area contributed by atoms with Gasteiger partial charge in [0.15, 0.2) is 0 Å². The van der Waals surface area contributed by atoms with Crippen molar-refractivity contribution >= 4 is 6.21 Å². The number of nitrogens with two attached hydrogens (primary N) is 1. The molecule has 0 fully saturated rings. The summed E-state index contributed by atoms with van der Waals surface area (Å²) in [5, 5.41) is 0. The number of hydrogen-bond acceptors (Lipinski definition) is 3. The number of likely N-dealkylation sites (N-methyl/N-ethyl adjacent to an activating group) is 1. The molecule has 3 nitrogen and oxygen atoms in total. The lowest BCUT2D eigenvalue weighted by Crippen LogP contribution is -2.10. The Kier molecular flexibility index (Phi) is 3.29. The SMILES string of the molecule is C=C1C=CC(N=CC=C(C)N)=CN1C. The summed E-state index contributed by atoms with van der Waals surface area (Å²) in [6.45, 7) is 5.67. The second-order valence-corrected chi connectivity index (χ2v) is 3.18. The van der Waals surface area contributed by atoms with E-state index in [4.69, 9.17) is 5.73 Å². The molecule has 1 aliphatic heterocycles. The van der Waals surface area contributed by atoms with E-state index in [0.717, 1.165) is 17.1 Å². The third kappa shape index (κ3) is 2.94. The summed E-state index contributed by atoms with van der Waals surface area (Å²) >= 11 is 0. The van der Waals surface area contributed by atoms with Crippen molar-refractivity contribution in [3.63, 3.8) is 0 Å². The molecule has 1 rings (SSSR count). The summed E-state index contributed by atoms with van der Waals surface area (Å²) in [6, 6.07) is 0. The zero-order valence-electron chi connectivity index (χ0n) is 8.57. The number of rotatable bonds is 2. The van der Waals surface area contributed by atoms with Crippen molar-refractivity contribution < 1.29 is 0 Å². The van der Waals surface area contributed by atoms with E-state index in [1.165, 1.54) is 0 Å². The van der Waals surface area contributed by atoms with Crippen LogP contribution >= 0.6 is 0 Å². The first kappa shape index (κ1) is 10.3. The van der Waals surface area contributed by atoms with Crippen LogP contribution in [0.2, 0.25) is 0 Å². The van der Waals surface area contributed by atoms with Gasteiger partial charge in [-0.25, -0.2) is 0 Å². The molecule has 0 atom stereocenters. The van der Waals surface area contributed by atoms with Crippen LogP contribution < -0.4 is 5.73 Å². The van der Waals surface area contributed by atoms with Gasteiger partial charge in [0, 0.05) is 30.9 Å². The summed E-state index contributed by atoms with van der Waals surface area (Å²) in [5.74, 6) is 0. The quantitative estimate of drug-likeness (QED) is 0.673. The predicted molar refractivity (Wildman–Crippen MR) is 60.6 cm³/mol. The van der Waals surface area contributed by atoms with E-state index in [1.807, 2.05) is 37.2 Å². The predicted octanol–water partition coefficient (Wildman–Crippen LogP) is 1.78. The van der Waals surface area contributed by atoms with E-state index in [9.17, 15) is 0 Å². The van der Waals surface area contributed by atoms with Gasteiger partial charge in [0.25, 0.3) is 0 Å². The highest BCUT2D eigenvalue weighted by Gasteiger charge is 2.01. The molecule has 74 valence electrons. The second kappa shape index (κ2) is 4.46. The molecule has 0 bridgehead atoms. The van der Waals surface area contributed by atoms with E-state index in [1.54, 1.807) is 12.3 Å². The van der Waals surface area contributed by atoms with Crippen molar-refractivity contribution in [2.75, 3.05) is 7.05 Å². The van der Waals surface area contributed by atoms with Crippen molar-refractivity contribution in [2.45, 2.75) is 6.92 Å². The highest BCUT2D eigenvalue weighted by atomic mass is 15.1. The van der Waals surface area contributed by atoms with Gasteiger partial charge in [-0.15, -0.1) is 0 Å². The fourth-order valence-electron chi connectivity index (χ4n) is 0.941. The van der Waals surface area contributed by atoms with E-state index in [-0.39, 0.29) is 0 Å². The van der Waals surface area contributed by atoms with Crippen LogP contribution in [0, 0.1) is 0 Å². The summed E-state index contributed by atoms with van der Waals surface area (Å²) < 4.78 is 0. The van der Waals surface area contributed by atoms with Gasteiger partial charge in [-0.3, -0.25) is 4.99 Å². The van der Waals surface area contributed by atoms with Gasteiger partial charge in [-0.1, -0.05) is 6.58 Å². The zero-order valence-corrected chi connectivity index (χ0v) is 8.57. The average molecular weight is 189 g/mol. The third-order valence-electron chi connectivity index (χ3n) is 1.79. The Morgan fingerprint density at radius 2 is 2.29 bits per heavy atom. The normalized spacial score (nSPS) is 17.9. The Morgan fingerprint density at radius 1 is 1.57 bits per heavy atom. The van der Waals surface area contributed by atoms with Gasteiger partial charge in [0.05, 0.1) is 5.70 Å². The largest absolute Gasteiger partial charge is 0.402 e. The van der Waals surface area contributed by atoms with Gasteiger partial charge in [-0.05, 0) is 25.2 Å². The van der Waals surface area contributed by atoms with Gasteiger partial charge >= 0.3 is 0 Å². The summed E-state index contributed by atoms with van der Waals surface area (Å²) in [6.07, 6.45) is 9.20. The summed E-state index contributed by atoms with van der Waals surface area (Å²) in [7, 11) is 1.94. The molecular weight excluding hydrogens is 174 g/mol. The van der Waals surface area contributed by atoms with E-state index < -0.39 is 0 Å². The van der Waals surface area contributed by atoms with Gasteiger partial charge in [-0.2, -0.15) is 0 Å². The number of allylic oxidation sites excluding steroid dienone is 4. The Balaban J connectivity index is 2.68. The smallest absolute Gasteiger partial charge is 0.0792 e. The molecule has 0 aliphatic carbocycles. The maximum absolute atomic E-state index is 5.47. The molecule has 0 unspecified atom stereocenters. The van der Waals surface area contributed by atoms with Crippen LogP contribution in [0.15, 0.2) is 53.1 Å². The topological polar surface area (TPSA) is 41.6 Å². The van der Waals surface area contributed by atoms with E-state index in [0.29, 0.717) is 0 Å². The first-order valence-corrected chi connectivity index (χ1v) is 4.37. The molecule has 0 aromatic carbocycles. The fourth-order valence-corrected chi connectivity index (χ4v) is 0.941. The maximum Gasteiger partial charge on any atom is 0.0792 e. The standard InChI is InChI=1S/C11H15N3/c1-9(12)6-7-13-11-5-4-10(2)14(3)8-11/h4-8H,2,12H2,1,3H3. The summed E-state index contributed by atoms with van der Waals surface area (Å²) in [5.41, 5.74) is 8.05. The first-order valence-electron chi connectivity index (χ1n) is 4.37. The van der Waals surface area contributed by atoms with Gasteiger partial charge in [0.1, 0.15) is 0 Å². The van der Waals surface area contributed by atoms with Crippen LogP contribution in [0.3, 0.4) is 0 Å². The number of aliphatic imine (C=N–C) groups is 1. The average Bonchev–Trinajstić information content (AvgIpc) is 2.10. The van der Waals surface area contributed by atoms with Crippen LogP contribution in [-0.4, -0.2) is 18.2 Å². The molecule has 1 heterocycles. The van der Waals surface area contributed by atoms with Crippen LogP contribution in [0.1, 0.15) is 6.92 Å². The summed E-state index contributed by atoms with van der Waals surface area (Å²) in [4.78, 5) is 6.14. The minimum Gasteiger partial charge on any atom is -0.402 e. The molecule has 0 aromatic rings. The van der Waals surface area contributed by atoms with Crippen LogP contribution in [0.25, 0.3) is 0 Å². The highest BCUT2D eigenvalue weighted by molar-refractivity contribution is 5.73. The molecule has 1 aliphatic rings. The zero-order chi connectivity index (χ0) is 10.6. The molecular formula is C11H15N3. The van der Waals surface area contributed by atoms with Crippen molar-refractivity contribution in [1.82, 2.24) is 4.90 Å². The van der Waals surface area contributed by atoms with Gasteiger partial charge < -0.3 is 10.6 Å². The minimum absolute atomic E-state index is 0.743. The molecule has 0 spiro atoms. The maximum atomic E-state index is 5.47. The monoisotopic (exact) mass is 189 g/mol. The molecule has 0 aromatic heterocycles. The van der Waals surface area contributed by atoms with Crippen LogP contribution in [-0.2, 0) is 0 Å². The Morgan fingerprint density at radius 3 is 2.86 bits per heavy atom. The Hall–Kier alpha value is -1.77. The number of hydrogen-bond donors (Lipinski definition) is 1. The van der Waals surface area contributed by atoms with Crippen molar-refractivity contribution in [3.05, 3.63) is 48.1 Å². The Bertz CT molecular complexity index is 342. The van der Waals surface area contributed by atoms with Gasteiger partial charge in [0.2, 0.25) is 0 Å². The molecule has 0 amide bonds. The van der Waals surface area contributed by atoms with E-state index in [2.05, 4.69) is 11.6 Å². The molecule has 2 N–H and O–H groups in total. The van der Waals surface area contributed by atoms with E-state index >= 15 is 0 Å². The second-order valence-electron chi connectivity index (χ2n) is 3.18. The third-order valence-corrected chi connectivity index (χ3v) is 1.79. The number of nitrogens with zero attached hydrogens (tertiary/aromatic N) is 2. The minimum atomic E-state index is 0.743. The first-order chi connectivity index (χ1) is 6.59. The highest BCUT2D eigenvalue weighted by Crippen LogP contribution is 2.13. The van der Waals surface area contributed by atoms with Crippen molar-refractivity contribution in [1.29, 1.82) is 0 Å². The lowest BCUT2D eigenvalue weighted by Gasteiger charge is -2.17. The van der Waals surface area contributed by atoms with Crippen LogP contribution in [0.5, 0.6) is 0 Å². The van der Waals surface area contributed by atoms with Crippen molar-refractivity contribution in [2.24, 2.45) is 10.7 Å². The molecule has 14 heavy (non-hydrogen) atoms.